The van der Waals surface area contributed by atoms with Gasteiger partial charge in [0.05, 0.1) is 19.4 Å². The number of methoxy groups -OCH3 is 1. The first kappa shape index (κ1) is 30.2. The highest BCUT2D eigenvalue weighted by molar-refractivity contribution is 5.94. The molecular formula is C32H40O10. The predicted molar refractivity (Wildman–Crippen MR) is 147 cm³/mol. The Hall–Kier alpha value is -3.27. The molecule has 0 amide bonds. The smallest absolute Gasteiger partial charge is 0.333 e. The Morgan fingerprint density at radius 1 is 1.10 bits per heavy atom. The number of Topliss-reactive ketones (excluding diaryl/α,β-unsaturated/α-hetero) is 1. The summed E-state index contributed by atoms with van der Waals surface area (Å²) in [6.07, 6.45) is 2.56. The second-order valence-electron chi connectivity index (χ2n) is 13.4. The molecule has 0 radical (unpaired) electrons. The van der Waals surface area contributed by atoms with E-state index in [1.165, 1.54) is 13.2 Å². The summed E-state index contributed by atoms with van der Waals surface area (Å²) in [6.45, 7) is 11.1. The number of ether oxygens (including phenoxy) is 4. The number of hydrogen-bond acceptors (Lipinski definition) is 10. The first-order valence-electron chi connectivity index (χ1n) is 14.6. The number of ketones is 1. The normalized spacial score (nSPS) is 40.5. The fraction of sp³-hybridized carbons (Fsp3) is 0.656. The Kier molecular flexibility index (Phi) is 7.32. The molecule has 10 heteroatoms. The van der Waals surface area contributed by atoms with E-state index < -0.39 is 70.5 Å². The van der Waals surface area contributed by atoms with Crippen LogP contribution in [0.2, 0.25) is 0 Å². The quantitative estimate of drug-likeness (QED) is 0.221. The second-order valence-corrected chi connectivity index (χ2v) is 13.4. The van der Waals surface area contributed by atoms with Crippen molar-refractivity contribution < 1.29 is 48.0 Å². The first-order chi connectivity index (χ1) is 19.6. The molecule has 10 nitrogen and oxygen atoms in total. The van der Waals surface area contributed by atoms with Crippen molar-refractivity contribution in [1.29, 1.82) is 0 Å². The van der Waals surface area contributed by atoms with Crippen LogP contribution in [0.4, 0.5) is 0 Å². The maximum atomic E-state index is 14.4. The van der Waals surface area contributed by atoms with Crippen molar-refractivity contribution in [3.8, 4) is 0 Å². The minimum Gasteiger partial charge on any atom is -0.469 e. The lowest BCUT2D eigenvalue weighted by Gasteiger charge is -2.64. The van der Waals surface area contributed by atoms with Gasteiger partial charge in [-0.3, -0.25) is 14.4 Å². The van der Waals surface area contributed by atoms with Crippen LogP contribution in [0.1, 0.15) is 67.2 Å². The molecule has 5 rings (SSSR count). The van der Waals surface area contributed by atoms with E-state index in [0.717, 1.165) is 5.57 Å². The largest absolute Gasteiger partial charge is 0.469 e. The van der Waals surface area contributed by atoms with Crippen LogP contribution in [0.15, 0.2) is 34.9 Å². The van der Waals surface area contributed by atoms with E-state index in [4.69, 9.17) is 18.9 Å². The maximum Gasteiger partial charge on any atom is 0.333 e. The number of esters is 4. The molecule has 5 aliphatic rings. The number of rotatable bonds is 5. The van der Waals surface area contributed by atoms with Crippen LogP contribution >= 0.6 is 0 Å². The number of carbonyl (C=O) groups excluding carboxylic acids is 5. The van der Waals surface area contributed by atoms with E-state index in [-0.39, 0.29) is 36.0 Å². The molecule has 42 heavy (non-hydrogen) atoms. The average Bonchev–Trinajstić information content (AvgIpc) is 3.27. The van der Waals surface area contributed by atoms with Gasteiger partial charge in [-0.05, 0) is 44.4 Å². The predicted octanol–water partition coefficient (Wildman–Crippen LogP) is 3.36. The Balaban J connectivity index is 1.66. The van der Waals surface area contributed by atoms with Gasteiger partial charge in [0.2, 0.25) is 6.29 Å². The average molecular weight is 585 g/mol. The van der Waals surface area contributed by atoms with Crippen molar-refractivity contribution in [2.45, 2.75) is 85.7 Å². The summed E-state index contributed by atoms with van der Waals surface area (Å²) in [4.78, 5) is 65.3. The van der Waals surface area contributed by atoms with Crippen molar-refractivity contribution in [3.63, 3.8) is 0 Å². The molecular weight excluding hydrogens is 544 g/mol. The minimum absolute atomic E-state index is 0.0377. The van der Waals surface area contributed by atoms with Gasteiger partial charge >= 0.3 is 23.9 Å². The number of aliphatic hydroxyl groups excluding tert-OH is 1. The van der Waals surface area contributed by atoms with Crippen molar-refractivity contribution >= 4 is 29.7 Å². The molecule has 9 atom stereocenters. The highest BCUT2D eigenvalue weighted by Gasteiger charge is 2.69. The third-order valence-corrected chi connectivity index (χ3v) is 11.1. The third kappa shape index (κ3) is 4.28. The summed E-state index contributed by atoms with van der Waals surface area (Å²) < 4.78 is 21.9. The van der Waals surface area contributed by atoms with Crippen molar-refractivity contribution in [2.24, 2.45) is 39.9 Å². The zero-order valence-corrected chi connectivity index (χ0v) is 25.2. The zero-order valence-electron chi connectivity index (χ0n) is 25.2. The van der Waals surface area contributed by atoms with Gasteiger partial charge in [0, 0.05) is 39.9 Å². The van der Waals surface area contributed by atoms with E-state index in [1.54, 1.807) is 19.9 Å². The van der Waals surface area contributed by atoms with Gasteiger partial charge in [-0.1, -0.05) is 45.4 Å². The number of allylic oxidation sites excluding steroid dienone is 2. The fourth-order valence-corrected chi connectivity index (χ4v) is 8.68. The first-order valence-corrected chi connectivity index (χ1v) is 14.6. The van der Waals surface area contributed by atoms with Gasteiger partial charge in [-0.2, -0.15) is 0 Å². The summed E-state index contributed by atoms with van der Waals surface area (Å²) in [5.41, 5.74) is -0.986. The number of aliphatic hydroxyl groups is 1. The van der Waals surface area contributed by atoms with E-state index in [9.17, 15) is 29.1 Å². The molecule has 2 heterocycles. The molecule has 1 saturated heterocycles. The molecule has 3 fully saturated rings. The number of fused-ring (bicyclic) bond motifs is 6. The molecule has 2 aliphatic heterocycles. The van der Waals surface area contributed by atoms with Gasteiger partial charge in [0.1, 0.15) is 18.0 Å². The van der Waals surface area contributed by atoms with Crippen LogP contribution in [0.25, 0.3) is 0 Å². The van der Waals surface area contributed by atoms with Crippen molar-refractivity contribution in [2.75, 3.05) is 7.11 Å². The van der Waals surface area contributed by atoms with Crippen LogP contribution in [-0.4, -0.2) is 60.4 Å². The number of hydrogen-bond donors (Lipinski definition) is 1. The molecule has 0 aromatic rings. The highest BCUT2D eigenvalue weighted by atomic mass is 16.6. The lowest BCUT2D eigenvalue weighted by molar-refractivity contribution is -0.194. The molecule has 0 aromatic heterocycles. The van der Waals surface area contributed by atoms with Crippen LogP contribution in [0.5, 0.6) is 0 Å². The van der Waals surface area contributed by atoms with Gasteiger partial charge in [-0.25, -0.2) is 9.59 Å². The molecule has 0 aromatic carbocycles. The van der Waals surface area contributed by atoms with Crippen molar-refractivity contribution in [1.82, 2.24) is 0 Å². The van der Waals surface area contributed by atoms with E-state index >= 15 is 0 Å². The van der Waals surface area contributed by atoms with E-state index in [1.807, 2.05) is 33.8 Å². The second kappa shape index (κ2) is 10.2. The highest BCUT2D eigenvalue weighted by Crippen LogP contribution is 2.67. The molecule has 1 N–H and O–H groups in total. The summed E-state index contributed by atoms with van der Waals surface area (Å²) >= 11 is 0. The Labute approximate surface area is 245 Å². The molecule has 3 aliphatic carbocycles. The lowest BCUT2D eigenvalue weighted by atomic mass is 9.40. The summed E-state index contributed by atoms with van der Waals surface area (Å²) in [7, 11) is 1.31. The number of carbonyl (C=O) groups is 5. The molecule has 228 valence electrons. The molecule has 2 bridgehead atoms. The van der Waals surface area contributed by atoms with Crippen LogP contribution in [-0.2, 0) is 42.9 Å². The van der Waals surface area contributed by atoms with Crippen LogP contribution in [0, 0.1) is 39.9 Å². The van der Waals surface area contributed by atoms with Gasteiger partial charge in [-0.15, -0.1) is 0 Å². The van der Waals surface area contributed by atoms with E-state index in [2.05, 4.69) is 0 Å². The van der Waals surface area contributed by atoms with Gasteiger partial charge in [0.15, 0.2) is 0 Å². The summed E-state index contributed by atoms with van der Waals surface area (Å²) in [5, 5.41) is 10.5. The zero-order chi connectivity index (χ0) is 30.9. The standard InChI is InChI=1S/C32H40O10/c1-8-15(2)28(37)42-26-17-11-16-19(32(6,25(17)36)21(30(26,3)4)14-22(33)39-7)9-10-31(5)20(16)13-24(35)40-27(31)18-12-23(34)41-29(18)38/h8,11-12,17,19-21,26-27,29,38H,9-10,13-14H2,1-7H3/t17-,19-,20+,21+,26-,27+,29-,31-,32-/m1/s1. The maximum absolute atomic E-state index is 14.4. The fourth-order valence-electron chi connectivity index (χ4n) is 8.68. The van der Waals surface area contributed by atoms with Gasteiger partial charge in [0.25, 0.3) is 0 Å². The Morgan fingerprint density at radius 2 is 1.79 bits per heavy atom. The third-order valence-electron chi connectivity index (χ3n) is 11.1. The number of cyclic esters (lactones) is 2. The van der Waals surface area contributed by atoms with Crippen LogP contribution in [0.3, 0.4) is 0 Å². The summed E-state index contributed by atoms with van der Waals surface area (Å²) in [6, 6.07) is 0. The Bertz CT molecular complexity index is 1340. The minimum atomic E-state index is -1.51. The SMILES string of the molecule is CC=C(C)C(=O)O[C@@H]1[C@@H]2C=C3[C@@H](CC[C@]4(C)[C@H]3CC(=O)O[C@H]4C3=CC(=O)O[C@H]3O)[C@@](C)(C2=O)[C@@H](CC(=O)OC)C1(C)C. The molecule has 0 spiro atoms. The van der Waals surface area contributed by atoms with Gasteiger partial charge < -0.3 is 24.1 Å². The monoisotopic (exact) mass is 584 g/mol. The topological polar surface area (TPSA) is 142 Å². The molecule has 2 saturated carbocycles. The van der Waals surface area contributed by atoms with Crippen molar-refractivity contribution in [3.05, 3.63) is 34.9 Å². The van der Waals surface area contributed by atoms with E-state index in [0.29, 0.717) is 18.4 Å². The van der Waals surface area contributed by atoms with Crippen LogP contribution < -0.4 is 0 Å². The Morgan fingerprint density at radius 3 is 2.38 bits per heavy atom. The molecule has 0 unspecified atom stereocenters. The lowest BCUT2D eigenvalue weighted by Crippen LogP contribution is -2.67. The summed E-state index contributed by atoms with van der Waals surface area (Å²) in [5.74, 6) is -4.26.